The van der Waals surface area contributed by atoms with E-state index in [2.05, 4.69) is 5.16 Å². The lowest BCUT2D eigenvalue weighted by Crippen LogP contribution is -2.30. The zero-order chi connectivity index (χ0) is 20.2. The first kappa shape index (κ1) is 21.0. The quantitative estimate of drug-likeness (QED) is 0.522. The van der Waals surface area contributed by atoms with Crippen molar-refractivity contribution in [2.45, 2.75) is 25.8 Å². The van der Waals surface area contributed by atoms with Crippen LogP contribution in [0, 0.1) is 6.92 Å². The van der Waals surface area contributed by atoms with Crippen molar-refractivity contribution in [1.29, 1.82) is 0 Å². The van der Waals surface area contributed by atoms with Crippen molar-refractivity contribution in [3.63, 3.8) is 0 Å². The predicted molar refractivity (Wildman–Crippen MR) is 98.7 cm³/mol. The van der Waals surface area contributed by atoms with Gasteiger partial charge < -0.3 is 4.84 Å². The number of nitrogens with zero attached hydrogens (tertiary/aromatic N) is 1. The van der Waals surface area contributed by atoms with Gasteiger partial charge in [-0.1, -0.05) is 41.4 Å². The molecule has 0 amide bonds. The average molecular weight is 421 g/mol. The Morgan fingerprint density at radius 3 is 2.37 bits per heavy atom. The highest BCUT2D eigenvalue weighted by molar-refractivity contribution is 7.93. The van der Waals surface area contributed by atoms with E-state index in [9.17, 15) is 21.6 Å². The highest BCUT2D eigenvalue weighted by atomic mass is 35.5. The molecule has 0 heterocycles. The molecule has 0 bridgehead atoms. The number of hydrogen-bond acceptors (Lipinski definition) is 4. The van der Waals surface area contributed by atoms with Gasteiger partial charge >= 0.3 is 15.5 Å². The second-order valence-electron chi connectivity index (χ2n) is 5.54. The first-order chi connectivity index (χ1) is 12.5. The van der Waals surface area contributed by atoms with Gasteiger partial charge in [0.15, 0.2) is 5.75 Å². The average Bonchev–Trinajstić information content (AvgIpc) is 2.58. The standard InChI is InChI=1S/C17H16ClF3N2O3S/c1-3-15(22-26-13-7-4-11(2)5-8-13)14-10-12(18)6-9-16(14)23-27(24,25)17(19,20)21/h4-10,23H,3H2,1-2H3. The number of anilines is 1. The molecule has 0 aliphatic rings. The zero-order valence-corrected chi connectivity index (χ0v) is 15.9. The smallest absolute Gasteiger partial charge is 0.357 e. The van der Waals surface area contributed by atoms with Gasteiger partial charge in [-0.15, -0.1) is 0 Å². The van der Waals surface area contributed by atoms with E-state index in [1.54, 1.807) is 31.2 Å². The number of halogens is 4. The van der Waals surface area contributed by atoms with E-state index in [4.69, 9.17) is 16.4 Å². The van der Waals surface area contributed by atoms with Crippen LogP contribution < -0.4 is 9.56 Å². The van der Waals surface area contributed by atoms with Crippen LogP contribution in [-0.2, 0) is 10.0 Å². The van der Waals surface area contributed by atoms with Gasteiger partial charge in [0.1, 0.15) is 0 Å². The molecule has 1 N–H and O–H groups in total. The van der Waals surface area contributed by atoms with Gasteiger partial charge in [-0.05, 0) is 43.7 Å². The number of hydrogen-bond donors (Lipinski definition) is 1. The number of rotatable bonds is 6. The summed E-state index contributed by atoms with van der Waals surface area (Å²) in [6.07, 6.45) is 0.257. The van der Waals surface area contributed by atoms with E-state index in [0.717, 1.165) is 11.6 Å². The fourth-order valence-corrected chi connectivity index (χ4v) is 2.81. The Kier molecular flexibility index (Phi) is 6.38. The molecule has 0 aliphatic carbocycles. The summed E-state index contributed by atoms with van der Waals surface area (Å²) in [7, 11) is -5.59. The number of oxime groups is 1. The molecule has 0 spiro atoms. The van der Waals surface area contributed by atoms with Gasteiger partial charge in [0.25, 0.3) is 0 Å². The van der Waals surface area contributed by atoms with Crippen LogP contribution in [0.5, 0.6) is 5.75 Å². The molecule has 2 aromatic rings. The molecular formula is C17H16ClF3N2O3S. The summed E-state index contributed by atoms with van der Waals surface area (Å²) in [4.78, 5) is 5.31. The topological polar surface area (TPSA) is 67.8 Å². The Morgan fingerprint density at radius 2 is 1.81 bits per heavy atom. The molecule has 146 valence electrons. The molecular weight excluding hydrogens is 405 g/mol. The van der Waals surface area contributed by atoms with Crippen LogP contribution >= 0.6 is 11.6 Å². The SMILES string of the molecule is CCC(=NOc1ccc(C)cc1)c1cc(Cl)ccc1NS(=O)(=O)C(F)(F)F. The number of alkyl halides is 3. The molecule has 2 aromatic carbocycles. The van der Waals surface area contributed by atoms with Gasteiger partial charge in [-0.3, -0.25) is 4.72 Å². The van der Waals surface area contributed by atoms with Gasteiger partial charge in [0.05, 0.1) is 11.4 Å². The molecule has 0 radical (unpaired) electrons. The van der Waals surface area contributed by atoms with E-state index in [-0.39, 0.29) is 28.4 Å². The number of nitrogens with one attached hydrogen (secondary N) is 1. The summed E-state index contributed by atoms with van der Waals surface area (Å²) in [5.41, 5.74) is -4.43. The Labute approximate surface area is 159 Å². The minimum atomic E-state index is -5.59. The normalized spacial score (nSPS) is 12.7. The van der Waals surface area contributed by atoms with Crippen molar-refractivity contribution < 1.29 is 26.4 Å². The molecule has 0 atom stereocenters. The van der Waals surface area contributed by atoms with E-state index in [0.29, 0.717) is 5.75 Å². The lowest BCUT2D eigenvalue weighted by Gasteiger charge is -2.15. The van der Waals surface area contributed by atoms with E-state index in [1.807, 2.05) is 6.92 Å². The monoisotopic (exact) mass is 420 g/mol. The summed E-state index contributed by atoms with van der Waals surface area (Å²) >= 11 is 5.92. The Balaban J connectivity index is 2.40. The molecule has 0 saturated heterocycles. The summed E-state index contributed by atoms with van der Waals surface area (Å²) in [5.74, 6) is 0.422. The number of sulfonamides is 1. The molecule has 0 saturated carbocycles. The Morgan fingerprint density at radius 1 is 1.19 bits per heavy atom. The fraction of sp³-hybridized carbons (Fsp3) is 0.235. The van der Waals surface area contributed by atoms with Crippen LogP contribution in [0.4, 0.5) is 18.9 Å². The summed E-state index contributed by atoms with van der Waals surface area (Å²) < 4.78 is 62.5. The number of benzene rings is 2. The Bertz CT molecular complexity index is 943. The van der Waals surface area contributed by atoms with Crippen molar-refractivity contribution >= 4 is 33.0 Å². The van der Waals surface area contributed by atoms with Crippen molar-refractivity contribution in [3.8, 4) is 5.75 Å². The third-order valence-corrected chi connectivity index (χ3v) is 4.79. The lowest BCUT2D eigenvalue weighted by atomic mass is 10.1. The number of aryl methyl sites for hydroxylation is 1. The maximum Gasteiger partial charge on any atom is 0.516 e. The third kappa shape index (κ3) is 5.36. The van der Waals surface area contributed by atoms with Crippen molar-refractivity contribution in [1.82, 2.24) is 0 Å². The Hall–Kier alpha value is -2.26. The zero-order valence-electron chi connectivity index (χ0n) is 14.3. The van der Waals surface area contributed by atoms with Gasteiger partial charge in [-0.2, -0.15) is 21.6 Å². The second-order valence-corrected chi connectivity index (χ2v) is 7.65. The largest absolute Gasteiger partial charge is 0.516 e. The third-order valence-electron chi connectivity index (χ3n) is 3.46. The molecule has 0 aliphatic heterocycles. The minimum Gasteiger partial charge on any atom is -0.357 e. The second kappa shape index (κ2) is 8.18. The van der Waals surface area contributed by atoms with Gasteiger partial charge in [0, 0.05) is 10.6 Å². The van der Waals surface area contributed by atoms with E-state index < -0.39 is 15.5 Å². The van der Waals surface area contributed by atoms with Crippen LogP contribution in [0.1, 0.15) is 24.5 Å². The van der Waals surface area contributed by atoms with Crippen molar-refractivity contribution in [2.75, 3.05) is 4.72 Å². The van der Waals surface area contributed by atoms with E-state index >= 15 is 0 Å². The first-order valence-electron chi connectivity index (χ1n) is 7.73. The molecule has 5 nitrogen and oxygen atoms in total. The molecule has 0 aromatic heterocycles. The summed E-state index contributed by atoms with van der Waals surface area (Å²) in [6.45, 7) is 3.59. The summed E-state index contributed by atoms with van der Waals surface area (Å²) in [6, 6.07) is 10.7. The van der Waals surface area contributed by atoms with E-state index in [1.165, 1.54) is 16.9 Å². The van der Waals surface area contributed by atoms with Crippen LogP contribution in [0.3, 0.4) is 0 Å². The predicted octanol–water partition coefficient (Wildman–Crippen LogP) is 5.10. The minimum absolute atomic E-state index is 0.0879. The molecule has 2 rings (SSSR count). The maximum absolute atomic E-state index is 12.7. The van der Waals surface area contributed by atoms with Crippen LogP contribution in [0.25, 0.3) is 0 Å². The summed E-state index contributed by atoms with van der Waals surface area (Å²) in [5, 5.41) is 4.15. The molecule has 0 fully saturated rings. The highest BCUT2D eigenvalue weighted by Crippen LogP contribution is 2.29. The van der Waals surface area contributed by atoms with Crippen LogP contribution in [0.15, 0.2) is 47.6 Å². The molecule has 10 heteroatoms. The lowest BCUT2D eigenvalue weighted by molar-refractivity contribution is -0.0429. The maximum atomic E-state index is 12.7. The first-order valence-corrected chi connectivity index (χ1v) is 9.59. The molecule has 27 heavy (non-hydrogen) atoms. The molecule has 0 unspecified atom stereocenters. The van der Waals surface area contributed by atoms with Gasteiger partial charge in [-0.25, -0.2) is 0 Å². The van der Waals surface area contributed by atoms with Crippen molar-refractivity contribution in [2.24, 2.45) is 5.16 Å². The van der Waals surface area contributed by atoms with Gasteiger partial charge in [0.2, 0.25) is 0 Å². The van der Waals surface area contributed by atoms with Crippen LogP contribution in [-0.4, -0.2) is 19.6 Å². The highest BCUT2D eigenvalue weighted by Gasteiger charge is 2.46. The van der Waals surface area contributed by atoms with Crippen LogP contribution in [0.2, 0.25) is 5.02 Å². The van der Waals surface area contributed by atoms with Crippen molar-refractivity contribution in [3.05, 3.63) is 58.6 Å². The fourth-order valence-electron chi connectivity index (χ4n) is 2.06.